The van der Waals surface area contributed by atoms with Crippen LogP contribution in [0.5, 0.6) is 5.75 Å². The van der Waals surface area contributed by atoms with E-state index in [1.165, 1.54) is 0 Å². The predicted octanol–water partition coefficient (Wildman–Crippen LogP) is 2.00. The Labute approximate surface area is 130 Å². The molecule has 0 fully saturated rings. The second-order valence-electron chi connectivity index (χ2n) is 5.26. The van der Waals surface area contributed by atoms with Gasteiger partial charge < -0.3 is 19.9 Å². The van der Waals surface area contributed by atoms with Crippen LogP contribution in [0, 0.1) is 6.92 Å². The number of nitrogens with one attached hydrogen (secondary N) is 2. The lowest BCUT2D eigenvalue weighted by Gasteiger charge is -2.16. The number of hydrogen-bond donors (Lipinski definition) is 2. The second-order valence-corrected chi connectivity index (χ2v) is 5.26. The Morgan fingerprint density at radius 1 is 1.41 bits per heavy atom. The number of hydrogen-bond acceptors (Lipinski definition) is 3. The van der Waals surface area contributed by atoms with E-state index in [0.29, 0.717) is 13.1 Å². The molecule has 6 heteroatoms. The van der Waals surface area contributed by atoms with Gasteiger partial charge in [-0.2, -0.15) is 0 Å². The topological polar surface area (TPSA) is 68.2 Å². The smallest absolute Gasteiger partial charge is 0.315 e. The number of carbonyl (C=O) groups excluding carboxylic acids is 1. The van der Waals surface area contributed by atoms with Gasteiger partial charge in [0.25, 0.3) is 0 Å². The summed E-state index contributed by atoms with van der Waals surface area (Å²) in [6.07, 6.45) is 3.43. The zero-order chi connectivity index (χ0) is 15.9. The fraction of sp³-hybridized carbons (Fsp3) is 0.375. The van der Waals surface area contributed by atoms with Crippen molar-refractivity contribution >= 4 is 6.03 Å². The zero-order valence-electron chi connectivity index (χ0n) is 13.2. The molecule has 0 spiro atoms. The molecule has 0 aliphatic rings. The molecule has 2 aromatic rings. The van der Waals surface area contributed by atoms with Crippen molar-refractivity contribution in [2.75, 3.05) is 6.54 Å². The van der Waals surface area contributed by atoms with Crippen LogP contribution in [0.1, 0.15) is 18.3 Å². The molecular weight excluding hydrogens is 280 g/mol. The number of aromatic nitrogens is 2. The van der Waals surface area contributed by atoms with Gasteiger partial charge in [-0.15, -0.1) is 0 Å². The normalized spacial score (nSPS) is 11.8. The average molecular weight is 302 g/mol. The summed E-state index contributed by atoms with van der Waals surface area (Å²) >= 11 is 0. The Bertz CT molecular complexity index is 624. The minimum absolute atomic E-state index is 0.110. The molecule has 1 aromatic heterocycles. The Balaban J connectivity index is 1.70. The monoisotopic (exact) mass is 302 g/mol. The van der Waals surface area contributed by atoms with Crippen molar-refractivity contribution in [3.8, 4) is 5.75 Å². The summed E-state index contributed by atoms with van der Waals surface area (Å²) < 4.78 is 7.62. The van der Waals surface area contributed by atoms with E-state index >= 15 is 0 Å². The lowest BCUT2D eigenvalue weighted by molar-refractivity contribution is 0.207. The van der Waals surface area contributed by atoms with Gasteiger partial charge in [0, 0.05) is 19.4 Å². The third kappa shape index (κ3) is 4.80. The molecule has 0 saturated carbocycles. The lowest BCUT2D eigenvalue weighted by atomic mass is 10.2. The number of amides is 2. The molecule has 1 atom stereocenters. The molecular formula is C16H22N4O2. The van der Waals surface area contributed by atoms with E-state index in [9.17, 15) is 4.79 Å². The maximum atomic E-state index is 11.7. The highest BCUT2D eigenvalue weighted by atomic mass is 16.5. The molecule has 118 valence electrons. The maximum Gasteiger partial charge on any atom is 0.315 e. The van der Waals surface area contributed by atoms with Crippen LogP contribution in [-0.4, -0.2) is 28.2 Å². The summed E-state index contributed by atoms with van der Waals surface area (Å²) in [7, 11) is 1.89. The van der Waals surface area contributed by atoms with Crippen LogP contribution in [0.25, 0.3) is 0 Å². The van der Waals surface area contributed by atoms with Crippen LogP contribution in [0.4, 0.5) is 4.79 Å². The summed E-state index contributed by atoms with van der Waals surface area (Å²) in [6, 6.07) is 7.61. The molecule has 22 heavy (non-hydrogen) atoms. The van der Waals surface area contributed by atoms with Crippen molar-refractivity contribution in [3.05, 3.63) is 48.0 Å². The van der Waals surface area contributed by atoms with Crippen LogP contribution < -0.4 is 15.4 Å². The van der Waals surface area contributed by atoms with Crippen molar-refractivity contribution in [2.45, 2.75) is 26.5 Å². The largest absolute Gasteiger partial charge is 0.489 e. The van der Waals surface area contributed by atoms with Gasteiger partial charge in [0.1, 0.15) is 17.7 Å². The van der Waals surface area contributed by atoms with Crippen LogP contribution in [0.2, 0.25) is 0 Å². The first-order chi connectivity index (χ1) is 10.5. The molecule has 2 N–H and O–H groups in total. The van der Waals surface area contributed by atoms with Gasteiger partial charge in [-0.25, -0.2) is 9.78 Å². The third-order valence-corrected chi connectivity index (χ3v) is 3.20. The van der Waals surface area contributed by atoms with Gasteiger partial charge in [0.2, 0.25) is 0 Å². The number of aryl methyl sites for hydroxylation is 2. The van der Waals surface area contributed by atoms with E-state index < -0.39 is 0 Å². The molecule has 6 nitrogen and oxygen atoms in total. The van der Waals surface area contributed by atoms with Gasteiger partial charge in [0.05, 0.1) is 13.1 Å². The van der Waals surface area contributed by atoms with E-state index in [-0.39, 0.29) is 12.1 Å². The molecule has 1 heterocycles. The number of ether oxygens (including phenoxy) is 1. The Morgan fingerprint density at radius 2 is 2.23 bits per heavy atom. The lowest BCUT2D eigenvalue weighted by Crippen LogP contribution is -2.40. The number of benzene rings is 1. The van der Waals surface area contributed by atoms with Gasteiger partial charge in [0.15, 0.2) is 0 Å². The SMILES string of the molecule is Cc1cccc(OC(C)CNC(=O)NCc2nccn2C)c1. The first-order valence-electron chi connectivity index (χ1n) is 7.26. The average Bonchev–Trinajstić information content (AvgIpc) is 2.88. The molecule has 1 aromatic carbocycles. The first-order valence-corrected chi connectivity index (χ1v) is 7.26. The predicted molar refractivity (Wildman–Crippen MR) is 84.7 cm³/mol. The molecule has 0 saturated heterocycles. The third-order valence-electron chi connectivity index (χ3n) is 3.20. The minimum Gasteiger partial charge on any atom is -0.489 e. The van der Waals surface area contributed by atoms with Gasteiger partial charge in [-0.1, -0.05) is 12.1 Å². The number of rotatable bonds is 6. The summed E-state index contributed by atoms with van der Waals surface area (Å²) in [5.74, 6) is 1.61. The van der Waals surface area contributed by atoms with Gasteiger partial charge in [-0.05, 0) is 31.5 Å². The van der Waals surface area contributed by atoms with Crippen LogP contribution in [0.15, 0.2) is 36.7 Å². The Hall–Kier alpha value is -2.50. The van der Waals surface area contributed by atoms with E-state index in [1.807, 2.05) is 55.9 Å². The fourth-order valence-electron chi connectivity index (χ4n) is 1.99. The number of urea groups is 1. The molecule has 2 amide bonds. The van der Waals surface area contributed by atoms with Crippen molar-refractivity contribution < 1.29 is 9.53 Å². The van der Waals surface area contributed by atoms with Crippen LogP contribution in [-0.2, 0) is 13.6 Å². The van der Waals surface area contributed by atoms with E-state index in [4.69, 9.17) is 4.74 Å². The molecule has 0 bridgehead atoms. The van der Waals surface area contributed by atoms with E-state index in [2.05, 4.69) is 15.6 Å². The standard InChI is InChI=1S/C16H22N4O2/c1-12-5-4-6-14(9-12)22-13(2)10-18-16(21)19-11-15-17-7-8-20(15)3/h4-9,13H,10-11H2,1-3H3,(H2,18,19,21). The van der Waals surface area contributed by atoms with Crippen LogP contribution >= 0.6 is 0 Å². The summed E-state index contributed by atoms with van der Waals surface area (Å²) in [5.41, 5.74) is 1.14. The Kier molecular flexibility index (Phi) is 5.41. The quantitative estimate of drug-likeness (QED) is 0.857. The highest BCUT2D eigenvalue weighted by Gasteiger charge is 2.08. The first kappa shape index (κ1) is 15.9. The number of nitrogens with zero attached hydrogens (tertiary/aromatic N) is 2. The maximum absolute atomic E-state index is 11.7. The van der Waals surface area contributed by atoms with Gasteiger partial charge in [-0.3, -0.25) is 0 Å². The molecule has 1 unspecified atom stereocenters. The zero-order valence-corrected chi connectivity index (χ0v) is 13.2. The van der Waals surface area contributed by atoms with E-state index in [0.717, 1.165) is 17.1 Å². The summed E-state index contributed by atoms with van der Waals surface area (Å²) in [5, 5.41) is 5.55. The summed E-state index contributed by atoms with van der Waals surface area (Å²) in [6.45, 7) is 4.75. The Morgan fingerprint density at radius 3 is 2.91 bits per heavy atom. The van der Waals surface area contributed by atoms with Crippen molar-refractivity contribution in [1.82, 2.24) is 20.2 Å². The van der Waals surface area contributed by atoms with Crippen molar-refractivity contribution in [2.24, 2.45) is 7.05 Å². The minimum atomic E-state index is -0.234. The van der Waals surface area contributed by atoms with Crippen molar-refractivity contribution in [3.63, 3.8) is 0 Å². The van der Waals surface area contributed by atoms with E-state index in [1.54, 1.807) is 6.20 Å². The highest BCUT2D eigenvalue weighted by Crippen LogP contribution is 2.13. The van der Waals surface area contributed by atoms with Crippen molar-refractivity contribution in [1.29, 1.82) is 0 Å². The highest BCUT2D eigenvalue weighted by molar-refractivity contribution is 5.73. The van der Waals surface area contributed by atoms with Gasteiger partial charge >= 0.3 is 6.03 Å². The van der Waals surface area contributed by atoms with Crippen LogP contribution in [0.3, 0.4) is 0 Å². The summed E-state index contributed by atoms with van der Waals surface area (Å²) in [4.78, 5) is 15.9. The molecule has 2 rings (SSSR count). The molecule has 0 aliphatic heterocycles. The second kappa shape index (κ2) is 7.49. The molecule has 0 aliphatic carbocycles. The number of imidazole rings is 1. The molecule has 0 radical (unpaired) electrons. The number of carbonyl (C=O) groups is 1. The fourth-order valence-corrected chi connectivity index (χ4v) is 1.99.